The summed E-state index contributed by atoms with van der Waals surface area (Å²) < 4.78 is 37.7. The van der Waals surface area contributed by atoms with Crippen LogP contribution in [0.3, 0.4) is 0 Å². The fourth-order valence-electron chi connectivity index (χ4n) is 1.97. The second kappa shape index (κ2) is 7.10. The number of carbonyl (C=O) groups excluding carboxylic acids is 1. The first-order valence-electron chi connectivity index (χ1n) is 6.83. The number of nitrogens with one attached hydrogen (secondary N) is 1. The van der Waals surface area contributed by atoms with E-state index < -0.39 is 28.3 Å². The molecule has 24 heavy (non-hydrogen) atoms. The van der Waals surface area contributed by atoms with Crippen LogP contribution in [0.25, 0.3) is 0 Å². The molecule has 1 amide bonds. The molecule has 2 aromatic carbocycles. The summed E-state index contributed by atoms with van der Waals surface area (Å²) in [6.45, 7) is -0.454. The summed E-state index contributed by atoms with van der Waals surface area (Å²) in [7, 11) is -3.72. The van der Waals surface area contributed by atoms with Crippen molar-refractivity contribution in [3.63, 3.8) is 0 Å². The van der Waals surface area contributed by atoms with Gasteiger partial charge in [-0.15, -0.1) is 0 Å². The summed E-state index contributed by atoms with van der Waals surface area (Å²) in [5.74, 6) is -1.07. The molecule has 0 aliphatic carbocycles. The normalized spacial score (nSPS) is 10.7. The number of nitriles is 1. The number of carbonyl (C=O) groups is 1. The summed E-state index contributed by atoms with van der Waals surface area (Å²) in [6, 6.07) is 12.9. The Balaban J connectivity index is 2.15. The van der Waals surface area contributed by atoms with Gasteiger partial charge in [0.25, 0.3) is 0 Å². The van der Waals surface area contributed by atoms with Gasteiger partial charge in [-0.3, -0.25) is 9.10 Å². The zero-order valence-electron chi connectivity index (χ0n) is 12.7. The predicted octanol–water partition coefficient (Wildman–Crippen LogP) is 2.10. The first-order chi connectivity index (χ1) is 11.3. The molecular weight excluding hydrogens is 333 g/mol. The molecule has 0 heterocycles. The maximum Gasteiger partial charge on any atom is 0.245 e. The second-order valence-corrected chi connectivity index (χ2v) is 6.89. The Labute approximate surface area is 139 Å². The third-order valence-corrected chi connectivity index (χ3v) is 4.24. The maximum absolute atomic E-state index is 13.0. The predicted molar refractivity (Wildman–Crippen MR) is 88.4 cm³/mol. The first-order valence-corrected chi connectivity index (χ1v) is 8.68. The number of hydrogen-bond acceptors (Lipinski definition) is 4. The van der Waals surface area contributed by atoms with Crippen LogP contribution in [-0.2, 0) is 14.8 Å². The van der Waals surface area contributed by atoms with Crippen LogP contribution in [0.5, 0.6) is 0 Å². The molecule has 0 aromatic heterocycles. The van der Waals surface area contributed by atoms with Gasteiger partial charge in [0, 0.05) is 5.69 Å². The number of halogens is 1. The Morgan fingerprint density at radius 1 is 1.17 bits per heavy atom. The lowest BCUT2D eigenvalue weighted by atomic mass is 10.2. The van der Waals surface area contributed by atoms with Crippen molar-refractivity contribution in [2.24, 2.45) is 0 Å². The molecule has 0 aliphatic rings. The van der Waals surface area contributed by atoms with E-state index in [2.05, 4.69) is 5.32 Å². The average Bonchev–Trinajstić information content (AvgIpc) is 2.53. The van der Waals surface area contributed by atoms with Gasteiger partial charge >= 0.3 is 0 Å². The van der Waals surface area contributed by atoms with Gasteiger partial charge in [0.15, 0.2) is 0 Å². The molecule has 0 fully saturated rings. The smallest absolute Gasteiger partial charge is 0.245 e. The van der Waals surface area contributed by atoms with Crippen molar-refractivity contribution in [2.45, 2.75) is 0 Å². The van der Waals surface area contributed by atoms with Gasteiger partial charge in [0.2, 0.25) is 15.9 Å². The zero-order chi connectivity index (χ0) is 17.7. The summed E-state index contributed by atoms with van der Waals surface area (Å²) in [5, 5.41) is 11.3. The van der Waals surface area contributed by atoms with Gasteiger partial charge in [0.1, 0.15) is 12.4 Å². The van der Waals surface area contributed by atoms with Crippen LogP contribution in [0.4, 0.5) is 15.8 Å². The van der Waals surface area contributed by atoms with Crippen molar-refractivity contribution in [3.05, 3.63) is 59.9 Å². The lowest BCUT2D eigenvalue weighted by Crippen LogP contribution is -2.37. The van der Waals surface area contributed by atoms with E-state index in [1.165, 1.54) is 24.3 Å². The maximum atomic E-state index is 13.0. The zero-order valence-corrected chi connectivity index (χ0v) is 13.5. The largest absolute Gasteiger partial charge is 0.325 e. The molecule has 0 saturated carbocycles. The van der Waals surface area contributed by atoms with E-state index >= 15 is 0 Å². The van der Waals surface area contributed by atoms with Gasteiger partial charge in [-0.25, -0.2) is 12.8 Å². The van der Waals surface area contributed by atoms with Crippen molar-refractivity contribution < 1.29 is 17.6 Å². The van der Waals surface area contributed by atoms with Crippen LogP contribution in [0.15, 0.2) is 48.5 Å². The highest BCUT2D eigenvalue weighted by molar-refractivity contribution is 7.92. The number of benzene rings is 2. The Morgan fingerprint density at radius 3 is 2.25 bits per heavy atom. The van der Waals surface area contributed by atoms with Crippen LogP contribution >= 0.6 is 0 Å². The van der Waals surface area contributed by atoms with Crippen LogP contribution in [0.2, 0.25) is 0 Å². The molecule has 124 valence electrons. The molecule has 0 unspecified atom stereocenters. The minimum atomic E-state index is -3.72. The number of rotatable bonds is 5. The summed E-state index contributed by atoms with van der Waals surface area (Å²) in [4.78, 5) is 12.1. The summed E-state index contributed by atoms with van der Waals surface area (Å²) in [6.07, 6.45) is 0.964. The van der Waals surface area contributed by atoms with Crippen LogP contribution in [-0.4, -0.2) is 27.1 Å². The van der Waals surface area contributed by atoms with Gasteiger partial charge in [-0.2, -0.15) is 5.26 Å². The summed E-state index contributed by atoms with van der Waals surface area (Å²) >= 11 is 0. The molecule has 2 rings (SSSR count). The fraction of sp³-hybridized carbons (Fsp3) is 0.125. The fourth-order valence-corrected chi connectivity index (χ4v) is 2.82. The average molecular weight is 347 g/mol. The van der Waals surface area contributed by atoms with Gasteiger partial charge in [-0.1, -0.05) is 0 Å². The van der Waals surface area contributed by atoms with E-state index in [-0.39, 0.29) is 5.69 Å². The van der Waals surface area contributed by atoms with Gasteiger partial charge in [0.05, 0.1) is 23.6 Å². The lowest BCUT2D eigenvalue weighted by molar-refractivity contribution is -0.114. The number of anilines is 2. The highest BCUT2D eigenvalue weighted by Gasteiger charge is 2.20. The quantitative estimate of drug-likeness (QED) is 0.897. The number of nitrogens with zero attached hydrogens (tertiary/aromatic N) is 2. The SMILES string of the molecule is CS(=O)(=O)N(CC(=O)Nc1ccc(C#N)cc1)c1ccc(F)cc1. The second-order valence-electron chi connectivity index (χ2n) is 4.98. The van der Waals surface area contributed by atoms with Crippen LogP contribution in [0.1, 0.15) is 5.56 Å². The minimum Gasteiger partial charge on any atom is -0.325 e. The Hall–Kier alpha value is -2.92. The molecule has 8 heteroatoms. The number of amides is 1. The monoisotopic (exact) mass is 347 g/mol. The van der Waals surface area contributed by atoms with Crippen molar-refractivity contribution >= 4 is 27.3 Å². The minimum absolute atomic E-state index is 0.189. The van der Waals surface area contributed by atoms with E-state index in [0.29, 0.717) is 11.3 Å². The van der Waals surface area contributed by atoms with E-state index in [0.717, 1.165) is 22.7 Å². The molecule has 0 atom stereocenters. The number of sulfonamides is 1. The Bertz CT molecular complexity index is 872. The highest BCUT2D eigenvalue weighted by Crippen LogP contribution is 2.18. The summed E-state index contributed by atoms with van der Waals surface area (Å²) in [5.41, 5.74) is 1.07. The van der Waals surface area contributed by atoms with Crippen molar-refractivity contribution in [2.75, 3.05) is 22.4 Å². The highest BCUT2D eigenvalue weighted by atomic mass is 32.2. The molecule has 0 bridgehead atoms. The van der Waals surface area contributed by atoms with E-state index in [1.54, 1.807) is 12.1 Å². The molecule has 0 radical (unpaired) electrons. The molecule has 0 spiro atoms. The van der Waals surface area contributed by atoms with Gasteiger partial charge < -0.3 is 5.32 Å². The standard InChI is InChI=1S/C16H14FN3O3S/c1-24(22,23)20(15-8-4-13(17)5-9-15)11-16(21)19-14-6-2-12(10-18)3-7-14/h2-9H,11H2,1H3,(H,19,21). The Kier molecular flexibility index (Phi) is 5.16. The van der Waals surface area contributed by atoms with Crippen molar-refractivity contribution in [1.29, 1.82) is 5.26 Å². The Morgan fingerprint density at radius 2 is 1.75 bits per heavy atom. The molecule has 2 aromatic rings. The van der Waals surface area contributed by atoms with Crippen LogP contribution < -0.4 is 9.62 Å². The third-order valence-electron chi connectivity index (χ3n) is 3.10. The molecule has 0 aliphatic heterocycles. The first kappa shape index (κ1) is 17.4. The molecule has 6 nitrogen and oxygen atoms in total. The van der Waals surface area contributed by atoms with Crippen LogP contribution in [0, 0.1) is 17.1 Å². The van der Waals surface area contributed by atoms with E-state index in [4.69, 9.17) is 5.26 Å². The van der Waals surface area contributed by atoms with Crippen molar-refractivity contribution in [1.82, 2.24) is 0 Å². The molecule has 0 saturated heterocycles. The topological polar surface area (TPSA) is 90.3 Å². The van der Waals surface area contributed by atoms with Crippen molar-refractivity contribution in [3.8, 4) is 6.07 Å². The molecular formula is C16H14FN3O3S. The third kappa shape index (κ3) is 4.54. The lowest BCUT2D eigenvalue weighted by Gasteiger charge is -2.21. The van der Waals surface area contributed by atoms with E-state index in [9.17, 15) is 17.6 Å². The van der Waals surface area contributed by atoms with E-state index in [1.807, 2.05) is 6.07 Å². The van der Waals surface area contributed by atoms with Gasteiger partial charge in [-0.05, 0) is 48.5 Å². The molecule has 1 N–H and O–H groups in total. The number of hydrogen-bond donors (Lipinski definition) is 1.